The lowest BCUT2D eigenvalue weighted by Gasteiger charge is -2.22. The van der Waals surface area contributed by atoms with Gasteiger partial charge >= 0.3 is 0 Å². The Kier molecular flexibility index (Phi) is 8.74. The van der Waals surface area contributed by atoms with E-state index in [2.05, 4.69) is 20.0 Å². The first-order valence-corrected chi connectivity index (χ1v) is 11.4. The molecule has 162 valence electrons. The van der Waals surface area contributed by atoms with Crippen LogP contribution < -0.4 is 5.32 Å². The Balaban J connectivity index is 0.000000674. The van der Waals surface area contributed by atoms with Gasteiger partial charge in [-0.1, -0.05) is 19.3 Å². The van der Waals surface area contributed by atoms with Gasteiger partial charge in [-0.25, -0.2) is 18.4 Å². The zero-order valence-corrected chi connectivity index (χ0v) is 17.6. The van der Waals surface area contributed by atoms with Gasteiger partial charge in [0.1, 0.15) is 17.8 Å². The molecule has 1 amide bonds. The van der Waals surface area contributed by atoms with Crippen molar-refractivity contribution in [3.05, 3.63) is 36.5 Å². The van der Waals surface area contributed by atoms with Crippen LogP contribution in [0.15, 0.2) is 35.7 Å². The van der Waals surface area contributed by atoms with E-state index in [-0.39, 0.29) is 30.6 Å². The fraction of sp³-hybridized carbons (Fsp3) is 0.526. The summed E-state index contributed by atoms with van der Waals surface area (Å²) in [5, 5.41) is 10.9. The van der Waals surface area contributed by atoms with E-state index < -0.39 is 9.84 Å². The van der Waals surface area contributed by atoms with Crippen LogP contribution in [0.1, 0.15) is 44.0 Å². The van der Waals surface area contributed by atoms with Crippen molar-refractivity contribution in [2.24, 2.45) is 0 Å². The number of aliphatic hydroxyl groups is 1. The van der Waals surface area contributed by atoms with Gasteiger partial charge in [-0.15, -0.1) is 0 Å². The van der Waals surface area contributed by atoms with Crippen LogP contribution >= 0.6 is 0 Å². The summed E-state index contributed by atoms with van der Waals surface area (Å²) in [6.07, 6.45) is 11.1. The number of sulfone groups is 1. The highest BCUT2D eigenvalue weighted by Gasteiger charge is 2.20. The van der Waals surface area contributed by atoms with E-state index in [1.165, 1.54) is 24.9 Å². The maximum absolute atomic E-state index is 12.5. The van der Waals surface area contributed by atoms with Gasteiger partial charge in [0.25, 0.3) is 5.91 Å². The van der Waals surface area contributed by atoms with Gasteiger partial charge < -0.3 is 15.2 Å². The Morgan fingerprint density at radius 3 is 2.59 bits per heavy atom. The molecular weight excluding hydrogens is 396 g/mol. The van der Waals surface area contributed by atoms with Crippen molar-refractivity contribution in [1.29, 1.82) is 0 Å². The predicted molar refractivity (Wildman–Crippen MR) is 110 cm³/mol. The van der Waals surface area contributed by atoms with Crippen LogP contribution in [0.3, 0.4) is 0 Å². The Labute approximate surface area is 172 Å². The molecule has 1 saturated carbocycles. The number of imidazole rings is 1. The highest BCUT2D eigenvalue weighted by molar-refractivity contribution is 7.90. The summed E-state index contributed by atoms with van der Waals surface area (Å²) in [5.74, 6) is 0.0120. The van der Waals surface area contributed by atoms with Gasteiger partial charge in [0.15, 0.2) is 9.84 Å². The third-order valence-electron chi connectivity index (χ3n) is 4.45. The molecule has 2 aromatic rings. The second-order valence-corrected chi connectivity index (χ2v) is 8.83. The number of nitrogens with zero attached hydrogens (tertiary/aromatic N) is 3. The van der Waals surface area contributed by atoms with Crippen LogP contribution in [-0.4, -0.2) is 66.6 Å². The highest BCUT2D eigenvalue weighted by atomic mass is 32.2. The molecule has 2 heterocycles. The van der Waals surface area contributed by atoms with Crippen molar-refractivity contribution in [3.8, 4) is 5.82 Å². The zero-order chi connectivity index (χ0) is 21.3. The molecule has 2 N–H and O–H groups in total. The minimum Gasteiger partial charge on any atom is -0.394 e. The normalized spacial score (nSPS) is 14.7. The average molecular weight is 427 g/mol. The molecule has 0 radical (unpaired) electrons. The maximum atomic E-state index is 12.5. The van der Waals surface area contributed by atoms with E-state index in [1.54, 1.807) is 24.1 Å². The number of methoxy groups -OCH3 is 1. The molecule has 1 fully saturated rings. The van der Waals surface area contributed by atoms with E-state index in [1.807, 2.05) is 0 Å². The van der Waals surface area contributed by atoms with Gasteiger partial charge in [-0.3, -0.25) is 9.36 Å². The summed E-state index contributed by atoms with van der Waals surface area (Å²) in [6, 6.07) is 2.90. The first kappa shape index (κ1) is 23.0. The van der Waals surface area contributed by atoms with Crippen molar-refractivity contribution in [3.63, 3.8) is 0 Å². The van der Waals surface area contributed by atoms with Gasteiger partial charge in [0, 0.05) is 39.3 Å². The van der Waals surface area contributed by atoms with Crippen LogP contribution in [-0.2, 0) is 14.6 Å². The number of carbonyl (C=O) groups is 1. The molecule has 2 aromatic heterocycles. The molecule has 1 aliphatic rings. The van der Waals surface area contributed by atoms with Crippen LogP contribution in [0, 0.1) is 0 Å². The average Bonchev–Trinajstić information content (AvgIpc) is 3.24. The highest BCUT2D eigenvalue weighted by Crippen LogP contribution is 2.19. The van der Waals surface area contributed by atoms with E-state index in [9.17, 15) is 13.2 Å². The number of nitrogens with one attached hydrogen (secondary N) is 1. The Bertz CT molecular complexity index is 882. The number of amides is 1. The smallest absolute Gasteiger partial charge is 0.270 e. The van der Waals surface area contributed by atoms with Gasteiger partial charge in [-0.05, 0) is 18.9 Å². The van der Waals surface area contributed by atoms with Gasteiger partial charge in [-0.2, -0.15) is 0 Å². The molecule has 0 aliphatic heterocycles. The number of pyridine rings is 1. The topological polar surface area (TPSA) is 123 Å². The van der Waals surface area contributed by atoms with Crippen molar-refractivity contribution in [2.45, 2.75) is 43.0 Å². The summed E-state index contributed by atoms with van der Waals surface area (Å²) in [6.45, 7) is 0.566. The fourth-order valence-corrected chi connectivity index (χ4v) is 3.59. The Morgan fingerprint density at radius 2 is 2.07 bits per heavy atom. The lowest BCUT2D eigenvalue weighted by molar-refractivity contribution is 0.0922. The molecule has 0 spiro atoms. The molecule has 10 heteroatoms. The molecule has 3 rings (SSSR count). The van der Waals surface area contributed by atoms with Crippen molar-refractivity contribution < 1.29 is 24.5 Å². The maximum Gasteiger partial charge on any atom is 0.270 e. The number of rotatable bonds is 6. The molecule has 1 aliphatic carbocycles. The summed E-state index contributed by atoms with van der Waals surface area (Å²) < 4.78 is 29.9. The molecule has 0 atom stereocenters. The summed E-state index contributed by atoms with van der Waals surface area (Å²) in [5.41, 5.74) is 0.104. The SMILES string of the molecule is COCCO.CS(=O)(=O)c1cc(C(=O)NC2CCCCC2)nc(-n2ccnc2)c1.[HH]. The van der Waals surface area contributed by atoms with Gasteiger partial charge in [0.05, 0.1) is 18.1 Å². The first-order chi connectivity index (χ1) is 13.8. The number of hydrogen-bond donors (Lipinski definition) is 2. The first-order valence-electron chi connectivity index (χ1n) is 9.46. The molecule has 0 aromatic carbocycles. The van der Waals surface area contributed by atoms with E-state index in [4.69, 9.17) is 5.11 Å². The minimum absolute atomic E-state index is 0. The minimum atomic E-state index is -3.46. The number of aromatic nitrogens is 3. The second-order valence-electron chi connectivity index (χ2n) is 6.81. The molecular formula is C19H30N4O5S. The van der Waals surface area contributed by atoms with Crippen LogP contribution in [0.4, 0.5) is 0 Å². The van der Waals surface area contributed by atoms with Crippen LogP contribution in [0.5, 0.6) is 0 Å². The molecule has 0 bridgehead atoms. The second kappa shape index (κ2) is 11.0. The molecule has 0 unspecified atom stereocenters. The number of ether oxygens (including phenoxy) is 1. The van der Waals surface area contributed by atoms with E-state index >= 15 is 0 Å². The van der Waals surface area contributed by atoms with Crippen molar-refractivity contribution in [2.75, 3.05) is 26.6 Å². The molecule has 0 saturated heterocycles. The number of aliphatic hydroxyl groups excluding tert-OH is 1. The summed E-state index contributed by atoms with van der Waals surface area (Å²) in [4.78, 5) is 20.8. The predicted octanol–water partition coefficient (Wildman–Crippen LogP) is 1.60. The third kappa shape index (κ3) is 7.22. The third-order valence-corrected chi connectivity index (χ3v) is 5.54. The summed E-state index contributed by atoms with van der Waals surface area (Å²) >= 11 is 0. The van der Waals surface area contributed by atoms with Crippen molar-refractivity contribution in [1.82, 2.24) is 19.9 Å². The quantitative estimate of drug-likeness (QED) is 0.719. The van der Waals surface area contributed by atoms with Gasteiger partial charge in [0.2, 0.25) is 0 Å². The van der Waals surface area contributed by atoms with Crippen LogP contribution in [0.25, 0.3) is 5.82 Å². The lowest BCUT2D eigenvalue weighted by Crippen LogP contribution is -2.36. The summed E-state index contributed by atoms with van der Waals surface area (Å²) in [7, 11) is -1.91. The Hall–Kier alpha value is -2.30. The fourth-order valence-electron chi connectivity index (χ4n) is 2.95. The van der Waals surface area contributed by atoms with E-state index in [0.717, 1.165) is 31.9 Å². The number of hydrogen-bond acceptors (Lipinski definition) is 7. The van der Waals surface area contributed by atoms with E-state index in [0.29, 0.717) is 12.4 Å². The monoisotopic (exact) mass is 426 g/mol. The molecule has 9 nitrogen and oxygen atoms in total. The standard InChI is InChI=1S/C16H20N4O3S.C3H8O2.H2/c1-24(22,23)13-9-14(16(21)18-12-5-3-2-4-6-12)19-15(10-13)20-8-7-17-11-20;1-5-3-2-4;/h7-12H,2-6H2,1H3,(H,18,21);4H,2-3H2,1H3;1H. The molecule has 29 heavy (non-hydrogen) atoms. The zero-order valence-electron chi connectivity index (χ0n) is 16.7. The Morgan fingerprint density at radius 1 is 1.34 bits per heavy atom. The number of carbonyl (C=O) groups excluding carboxylic acids is 1. The van der Waals surface area contributed by atoms with Crippen molar-refractivity contribution >= 4 is 15.7 Å². The lowest BCUT2D eigenvalue weighted by atomic mass is 9.95. The van der Waals surface area contributed by atoms with Crippen LogP contribution in [0.2, 0.25) is 0 Å². The largest absolute Gasteiger partial charge is 0.394 e.